The number of benzene rings is 12. The number of hydrogen-bond donors (Lipinski definition) is 1. The Hall–Kier alpha value is -9.12. The molecule has 15 rings (SSSR count). The highest BCUT2D eigenvalue weighted by molar-refractivity contribution is 6.30. The predicted molar refractivity (Wildman–Crippen MR) is 346 cm³/mol. The van der Waals surface area contributed by atoms with Crippen molar-refractivity contribution in [3.05, 3.63) is 246 Å². The number of phenolic OH excluding ortho intramolecular Hbond substituents is 1. The summed E-state index contributed by atoms with van der Waals surface area (Å²) in [5.74, 6) is 1.08. The van der Waals surface area contributed by atoms with Crippen molar-refractivity contribution in [1.82, 2.24) is 0 Å². The molecule has 12 aromatic carbocycles. The molecule has 1 heterocycles. The van der Waals surface area contributed by atoms with E-state index in [0.29, 0.717) is 11.8 Å². The summed E-state index contributed by atoms with van der Waals surface area (Å²) in [6, 6.07) is 78.1. The van der Waals surface area contributed by atoms with E-state index in [9.17, 15) is 5.11 Å². The first-order valence-electron chi connectivity index (χ1n) is 29.8. The second-order valence-electron chi connectivity index (χ2n) is 23.7. The van der Waals surface area contributed by atoms with Gasteiger partial charge in [-0.1, -0.05) is 183 Å². The van der Waals surface area contributed by atoms with Gasteiger partial charge in [0, 0.05) is 44.0 Å². The lowest BCUT2D eigenvalue weighted by Crippen LogP contribution is -2.14. The van der Waals surface area contributed by atoms with Gasteiger partial charge >= 0.3 is 0 Å². The molecule has 0 spiro atoms. The van der Waals surface area contributed by atoms with E-state index in [2.05, 4.69) is 250 Å². The average Bonchev–Trinajstić information content (AvgIpc) is 3.17. The van der Waals surface area contributed by atoms with Crippen LogP contribution in [0.5, 0.6) is 5.75 Å². The van der Waals surface area contributed by atoms with Crippen LogP contribution in [0, 0.1) is 27.7 Å². The Labute approximate surface area is 480 Å². The lowest BCUT2D eigenvalue weighted by atomic mass is 9.82. The van der Waals surface area contributed by atoms with E-state index in [1.165, 1.54) is 96.9 Å². The zero-order chi connectivity index (χ0) is 55.2. The molecule has 2 aliphatic rings. The minimum Gasteiger partial charge on any atom is -0.505 e. The molecule has 82 heavy (non-hydrogen) atoms. The van der Waals surface area contributed by atoms with E-state index in [1.807, 2.05) is 0 Å². The van der Waals surface area contributed by atoms with Gasteiger partial charge in [0.25, 0.3) is 0 Å². The number of fused-ring (bicyclic) bond motifs is 3. The monoisotopic (exact) mass is 1060 g/mol. The molecule has 0 bridgehead atoms. The first kappa shape index (κ1) is 49.9. The third kappa shape index (κ3) is 8.25. The maximum Gasteiger partial charge on any atom is 0.159 e. The summed E-state index contributed by atoms with van der Waals surface area (Å²) in [6.07, 6.45) is 9.52. The third-order valence-electron chi connectivity index (χ3n) is 18.6. The second kappa shape index (κ2) is 20.1. The van der Waals surface area contributed by atoms with Crippen molar-refractivity contribution in [2.45, 2.75) is 90.9 Å². The van der Waals surface area contributed by atoms with Gasteiger partial charge in [0.05, 0.1) is 22.7 Å². The molecule has 400 valence electrons. The molecule has 13 aromatic rings. The number of hydrogen-bond acceptors (Lipinski definition) is 4. The van der Waals surface area contributed by atoms with Crippen molar-refractivity contribution < 1.29 is 9.52 Å². The fraction of sp³-hybridized carbons (Fsp3) is 0.179. The number of nitrogens with zero attached hydrogens (tertiary/aromatic N) is 2. The van der Waals surface area contributed by atoms with Crippen molar-refractivity contribution in [2.24, 2.45) is 0 Å². The largest absolute Gasteiger partial charge is 0.505 e. The number of anilines is 6. The van der Waals surface area contributed by atoms with Crippen LogP contribution in [0.25, 0.3) is 87.6 Å². The molecule has 0 unspecified atom stereocenters. The number of phenols is 1. The van der Waals surface area contributed by atoms with Crippen LogP contribution in [0.3, 0.4) is 0 Å². The van der Waals surface area contributed by atoms with Crippen molar-refractivity contribution in [3.63, 3.8) is 0 Å². The molecule has 0 atom stereocenters. The Morgan fingerprint density at radius 2 is 0.805 bits per heavy atom. The number of rotatable bonds is 11. The topological polar surface area (TPSA) is 39.9 Å². The lowest BCUT2D eigenvalue weighted by Gasteiger charge is -2.32. The van der Waals surface area contributed by atoms with Crippen LogP contribution in [0.4, 0.5) is 34.1 Å². The Morgan fingerprint density at radius 1 is 0.354 bits per heavy atom. The average molecular weight is 1060 g/mol. The van der Waals surface area contributed by atoms with Crippen LogP contribution in [-0.4, -0.2) is 5.11 Å². The zero-order valence-electron chi connectivity index (χ0n) is 47.3. The molecule has 0 saturated heterocycles. The van der Waals surface area contributed by atoms with Gasteiger partial charge in [0.15, 0.2) is 5.58 Å². The molecular formula is C78H66N2O2. The fourth-order valence-corrected chi connectivity index (χ4v) is 14.6. The summed E-state index contributed by atoms with van der Waals surface area (Å²) in [7, 11) is 0. The van der Waals surface area contributed by atoms with Crippen LogP contribution in [-0.2, 0) is 0 Å². The molecular weight excluding hydrogens is 997 g/mol. The van der Waals surface area contributed by atoms with Gasteiger partial charge in [-0.05, 0) is 197 Å². The van der Waals surface area contributed by atoms with E-state index in [4.69, 9.17) is 4.42 Å². The highest BCUT2D eigenvalue weighted by atomic mass is 16.3. The second-order valence-corrected chi connectivity index (χ2v) is 23.7. The number of aryl methyl sites for hydroxylation is 4. The maximum atomic E-state index is 13.1. The van der Waals surface area contributed by atoms with Crippen LogP contribution in [0.15, 0.2) is 217 Å². The van der Waals surface area contributed by atoms with E-state index >= 15 is 0 Å². The minimum absolute atomic E-state index is 0.254. The van der Waals surface area contributed by atoms with Gasteiger partial charge < -0.3 is 19.3 Å². The summed E-state index contributed by atoms with van der Waals surface area (Å²) >= 11 is 0. The number of para-hydroxylation sites is 3. The molecule has 0 radical (unpaired) electrons. The number of aromatic hydroxyl groups is 1. The van der Waals surface area contributed by atoms with Crippen LogP contribution >= 0.6 is 0 Å². The SMILES string of the molecule is Cc1cccc(N(c2cccc(-c3cccc(-c4ccccc4C)c3)c2O)c2cc(C3CCCC3)c3ccc4c(N(c5cccc(C)c5)c5cccc6c5oc5c(-c7ccccc7C)cccc56)cc(C5CCCC5)c5ccc2c3c54)c1. The molecule has 2 saturated carbocycles. The highest BCUT2D eigenvalue weighted by Gasteiger charge is 2.32. The maximum absolute atomic E-state index is 13.1. The Bertz CT molecular complexity index is 4630. The normalized spacial score (nSPS) is 14.1. The Morgan fingerprint density at radius 3 is 1.39 bits per heavy atom. The fourth-order valence-electron chi connectivity index (χ4n) is 14.6. The third-order valence-corrected chi connectivity index (χ3v) is 18.6. The molecule has 0 aliphatic heterocycles. The Kier molecular flexibility index (Phi) is 12.3. The van der Waals surface area contributed by atoms with Crippen LogP contribution in [0.2, 0.25) is 0 Å². The van der Waals surface area contributed by atoms with Gasteiger partial charge in [-0.3, -0.25) is 0 Å². The standard InChI is InChI=1S/C78H66N2O2/c1-48-19-13-29-56(43-48)79(70-37-17-33-60(76(70)81)55-28-15-27-54(45-55)58-31-11-5-21-50(58)3)72-46-68(52-23-7-8-24-52)61-40-42-67-73(47-69(53-25-9-10-26-53)62-39-41-66(72)74(61)75(62)67)80(57-30-14-20-49(2)44-57)71-38-18-36-65-64-35-16-34-63(77(64)82-78(65)71)59-32-12-6-22-51(59)4/h5-6,11-22,27-47,52-53,81H,7-10,23-26H2,1-4H3. The van der Waals surface area contributed by atoms with E-state index < -0.39 is 0 Å². The van der Waals surface area contributed by atoms with E-state index in [1.54, 1.807) is 0 Å². The van der Waals surface area contributed by atoms with Gasteiger partial charge in [0.1, 0.15) is 11.3 Å². The molecule has 0 amide bonds. The molecule has 2 aliphatic carbocycles. The van der Waals surface area contributed by atoms with Crippen molar-refractivity contribution in [3.8, 4) is 39.1 Å². The first-order chi connectivity index (χ1) is 40.3. The lowest BCUT2D eigenvalue weighted by molar-refractivity contribution is 0.478. The predicted octanol–water partition coefficient (Wildman–Crippen LogP) is 22.7. The summed E-state index contributed by atoms with van der Waals surface area (Å²) in [4.78, 5) is 4.89. The Balaban J connectivity index is 1.02. The van der Waals surface area contributed by atoms with Crippen LogP contribution < -0.4 is 9.80 Å². The quantitative estimate of drug-likeness (QED) is 0.131. The first-order valence-corrected chi connectivity index (χ1v) is 29.8. The van der Waals surface area contributed by atoms with Gasteiger partial charge in [-0.15, -0.1) is 0 Å². The molecule has 4 heteroatoms. The summed E-state index contributed by atoms with van der Waals surface area (Å²) < 4.78 is 7.35. The van der Waals surface area contributed by atoms with Crippen molar-refractivity contribution in [1.29, 1.82) is 0 Å². The van der Waals surface area contributed by atoms with Crippen molar-refractivity contribution >= 4 is 88.4 Å². The molecule has 1 aromatic heterocycles. The van der Waals surface area contributed by atoms with E-state index in [-0.39, 0.29) is 5.75 Å². The zero-order valence-corrected chi connectivity index (χ0v) is 47.3. The van der Waals surface area contributed by atoms with Gasteiger partial charge in [0.2, 0.25) is 0 Å². The van der Waals surface area contributed by atoms with Crippen molar-refractivity contribution in [2.75, 3.05) is 9.80 Å². The molecule has 4 nitrogen and oxygen atoms in total. The minimum atomic E-state index is 0.254. The van der Waals surface area contributed by atoms with Gasteiger partial charge in [-0.2, -0.15) is 0 Å². The summed E-state index contributed by atoms with van der Waals surface area (Å²) in [6.45, 7) is 8.72. The molecule has 1 N–H and O–H groups in total. The highest BCUT2D eigenvalue weighted by Crippen LogP contribution is 2.56. The summed E-state index contributed by atoms with van der Waals surface area (Å²) in [5, 5.41) is 23.0. The smallest absolute Gasteiger partial charge is 0.159 e. The molecule has 2 fully saturated rings. The summed E-state index contributed by atoms with van der Waals surface area (Å²) in [5.41, 5.74) is 21.9. The van der Waals surface area contributed by atoms with Gasteiger partial charge in [-0.25, -0.2) is 0 Å². The van der Waals surface area contributed by atoms with E-state index in [0.717, 1.165) is 110 Å². The number of furan rings is 1. The van der Waals surface area contributed by atoms with Crippen LogP contribution in [0.1, 0.15) is 96.6 Å².